The van der Waals surface area contributed by atoms with Gasteiger partial charge in [0.2, 0.25) is 0 Å². The molecule has 1 atom stereocenters. The van der Waals surface area contributed by atoms with Crippen molar-refractivity contribution in [3.63, 3.8) is 0 Å². The minimum atomic E-state index is -0.259. The average Bonchev–Trinajstić information content (AvgIpc) is 3.32. The molecule has 174 valence electrons. The number of nitrogens with one attached hydrogen (secondary N) is 1. The van der Waals surface area contributed by atoms with Crippen molar-refractivity contribution in [2.45, 2.75) is 38.8 Å². The van der Waals surface area contributed by atoms with Crippen LogP contribution in [0, 0.1) is 0 Å². The van der Waals surface area contributed by atoms with Crippen molar-refractivity contribution in [2.75, 3.05) is 42.9 Å². The summed E-state index contributed by atoms with van der Waals surface area (Å²) in [4.78, 5) is 22.3. The molecular weight excluding hydrogens is 418 g/mol. The molecule has 0 aliphatic carbocycles. The van der Waals surface area contributed by atoms with Gasteiger partial charge in [0.05, 0.1) is 17.6 Å². The Kier molecular flexibility index (Phi) is 5.46. The first-order valence-electron chi connectivity index (χ1n) is 11.5. The third-order valence-electron chi connectivity index (χ3n) is 6.21. The van der Waals surface area contributed by atoms with Crippen molar-refractivity contribution in [3.05, 3.63) is 47.9 Å². The quantitative estimate of drug-likeness (QED) is 0.616. The minimum Gasteiger partial charge on any atom is -0.487 e. The minimum absolute atomic E-state index is 0.154. The van der Waals surface area contributed by atoms with Crippen LogP contribution >= 0.6 is 0 Å². The number of piperazine rings is 1. The standard InChI is InChI=1S/C24H31N7O2/c1-16(25)15-29-7-9-30(10-8-29)20-12-21-17(13-24(2,3)33-21)11-19(20)28-23(32)18-14-27-31-6-4-5-26-22(18)31/h4-6,11-12,14,16H,7-10,13,15,25H2,1-3H3,(H,28,32). The number of anilines is 2. The van der Waals surface area contributed by atoms with Crippen LogP contribution in [0.2, 0.25) is 0 Å². The maximum atomic E-state index is 13.2. The molecule has 4 heterocycles. The second-order valence-corrected chi connectivity index (χ2v) is 9.68. The fourth-order valence-corrected chi connectivity index (χ4v) is 4.76. The number of fused-ring (bicyclic) bond motifs is 2. The van der Waals surface area contributed by atoms with Crippen molar-refractivity contribution < 1.29 is 9.53 Å². The van der Waals surface area contributed by atoms with Crippen LogP contribution in [0.3, 0.4) is 0 Å². The lowest BCUT2D eigenvalue weighted by Gasteiger charge is -2.37. The normalized spacial score (nSPS) is 18.7. The van der Waals surface area contributed by atoms with E-state index in [1.165, 1.54) is 0 Å². The monoisotopic (exact) mass is 449 g/mol. The molecule has 9 heteroatoms. The summed E-state index contributed by atoms with van der Waals surface area (Å²) in [7, 11) is 0. The van der Waals surface area contributed by atoms with Gasteiger partial charge in [0.1, 0.15) is 16.9 Å². The zero-order valence-electron chi connectivity index (χ0n) is 19.4. The number of aromatic nitrogens is 3. The third kappa shape index (κ3) is 4.38. The largest absolute Gasteiger partial charge is 0.487 e. The van der Waals surface area contributed by atoms with Gasteiger partial charge in [-0.05, 0) is 32.9 Å². The van der Waals surface area contributed by atoms with Gasteiger partial charge in [-0.1, -0.05) is 0 Å². The molecule has 0 radical (unpaired) electrons. The number of carbonyl (C=O) groups excluding carboxylic acids is 1. The van der Waals surface area contributed by atoms with Crippen LogP contribution in [0.15, 0.2) is 36.8 Å². The van der Waals surface area contributed by atoms with Gasteiger partial charge >= 0.3 is 0 Å². The fraction of sp³-hybridized carbons (Fsp3) is 0.458. The van der Waals surface area contributed by atoms with Gasteiger partial charge in [0.25, 0.3) is 5.91 Å². The Bertz CT molecular complexity index is 1180. The number of rotatable bonds is 5. The molecule has 1 fully saturated rings. The molecular formula is C24H31N7O2. The van der Waals surface area contributed by atoms with E-state index in [1.807, 2.05) is 6.92 Å². The molecule has 0 saturated carbocycles. The van der Waals surface area contributed by atoms with E-state index in [2.05, 4.69) is 51.2 Å². The van der Waals surface area contributed by atoms with Crippen molar-refractivity contribution in [3.8, 4) is 5.75 Å². The highest BCUT2D eigenvalue weighted by atomic mass is 16.5. The van der Waals surface area contributed by atoms with Crippen LogP contribution in [-0.4, -0.2) is 69.8 Å². The Morgan fingerprint density at radius 1 is 1.27 bits per heavy atom. The van der Waals surface area contributed by atoms with Gasteiger partial charge in [-0.3, -0.25) is 9.69 Å². The number of hydrogen-bond donors (Lipinski definition) is 2. The predicted molar refractivity (Wildman–Crippen MR) is 128 cm³/mol. The van der Waals surface area contributed by atoms with E-state index in [4.69, 9.17) is 10.5 Å². The summed E-state index contributed by atoms with van der Waals surface area (Å²) in [6, 6.07) is 6.08. The Labute approximate surface area is 193 Å². The molecule has 33 heavy (non-hydrogen) atoms. The van der Waals surface area contributed by atoms with E-state index in [-0.39, 0.29) is 17.6 Å². The Balaban J connectivity index is 1.44. The Hall–Kier alpha value is -3.17. The fourth-order valence-electron chi connectivity index (χ4n) is 4.76. The second-order valence-electron chi connectivity index (χ2n) is 9.68. The molecule has 2 aromatic heterocycles. The summed E-state index contributed by atoms with van der Waals surface area (Å²) in [6.45, 7) is 10.7. The van der Waals surface area contributed by atoms with E-state index in [1.54, 1.807) is 29.2 Å². The number of nitrogens with zero attached hydrogens (tertiary/aromatic N) is 5. The van der Waals surface area contributed by atoms with Crippen LogP contribution in [0.5, 0.6) is 5.75 Å². The maximum absolute atomic E-state index is 13.2. The van der Waals surface area contributed by atoms with Crippen molar-refractivity contribution in [1.29, 1.82) is 0 Å². The number of carbonyl (C=O) groups is 1. The molecule has 5 rings (SSSR count). The lowest BCUT2D eigenvalue weighted by molar-refractivity contribution is 0.102. The summed E-state index contributed by atoms with van der Waals surface area (Å²) in [5.41, 5.74) is 9.58. The molecule has 1 saturated heterocycles. The highest BCUT2D eigenvalue weighted by Gasteiger charge is 2.32. The third-order valence-corrected chi connectivity index (χ3v) is 6.21. The van der Waals surface area contributed by atoms with Crippen LogP contribution in [0.4, 0.5) is 11.4 Å². The number of amides is 1. The van der Waals surface area contributed by atoms with Gasteiger partial charge < -0.3 is 20.7 Å². The molecule has 9 nitrogen and oxygen atoms in total. The lowest BCUT2D eigenvalue weighted by Crippen LogP contribution is -2.49. The van der Waals surface area contributed by atoms with Crippen LogP contribution in [-0.2, 0) is 6.42 Å². The Morgan fingerprint density at radius 2 is 2.06 bits per heavy atom. The van der Waals surface area contributed by atoms with Crippen molar-refractivity contribution in [1.82, 2.24) is 19.5 Å². The number of benzene rings is 1. The summed E-state index contributed by atoms with van der Waals surface area (Å²) in [6.07, 6.45) is 5.80. The van der Waals surface area contributed by atoms with Crippen LogP contribution < -0.4 is 20.7 Å². The molecule has 0 spiro atoms. The molecule has 2 aliphatic heterocycles. The van der Waals surface area contributed by atoms with Gasteiger partial charge in [0.15, 0.2) is 5.65 Å². The van der Waals surface area contributed by atoms with Gasteiger partial charge in [-0.2, -0.15) is 5.10 Å². The lowest BCUT2D eigenvalue weighted by atomic mass is 10.0. The summed E-state index contributed by atoms with van der Waals surface area (Å²) >= 11 is 0. The smallest absolute Gasteiger partial charge is 0.261 e. The van der Waals surface area contributed by atoms with Crippen LogP contribution in [0.25, 0.3) is 5.65 Å². The van der Waals surface area contributed by atoms with Crippen molar-refractivity contribution in [2.24, 2.45) is 5.73 Å². The Morgan fingerprint density at radius 3 is 2.82 bits per heavy atom. The first-order chi connectivity index (χ1) is 15.8. The summed E-state index contributed by atoms with van der Waals surface area (Å²) in [5, 5.41) is 7.39. The van der Waals surface area contributed by atoms with E-state index >= 15 is 0 Å². The topological polar surface area (TPSA) is 101 Å². The highest BCUT2D eigenvalue weighted by Crippen LogP contribution is 2.42. The zero-order chi connectivity index (χ0) is 23.2. The van der Waals surface area contributed by atoms with Gasteiger partial charge in [-0.15, -0.1) is 0 Å². The second kappa shape index (κ2) is 8.31. The van der Waals surface area contributed by atoms with Gasteiger partial charge in [0, 0.05) is 69.2 Å². The van der Waals surface area contributed by atoms with E-state index in [0.29, 0.717) is 11.2 Å². The first kappa shape index (κ1) is 21.7. The van der Waals surface area contributed by atoms with E-state index in [9.17, 15) is 4.79 Å². The number of ether oxygens (including phenoxy) is 1. The molecule has 3 aromatic rings. The highest BCUT2D eigenvalue weighted by molar-refractivity contribution is 6.09. The molecule has 3 N–H and O–H groups in total. The first-order valence-corrected chi connectivity index (χ1v) is 11.5. The SMILES string of the molecule is CC(N)CN1CCN(c2cc3c(cc2NC(=O)c2cnn4cccnc24)CC(C)(C)O3)CC1. The number of hydrogen-bond acceptors (Lipinski definition) is 7. The van der Waals surface area contributed by atoms with E-state index in [0.717, 1.165) is 61.8 Å². The summed E-state index contributed by atoms with van der Waals surface area (Å²) in [5.74, 6) is 0.669. The molecule has 1 amide bonds. The van der Waals surface area contributed by atoms with Gasteiger partial charge in [-0.25, -0.2) is 9.50 Å². The molecule has 2 aliphatic rings. The zero-order valence-corrected chi connectivity index (χ0v) is 19.4. The predicted octanol–water partition coefficient (Wildman–Crippen LogP) is 2.16. The number of nitrogens with two attached hydrogens (primary N) is 1. The molecule has 1 unspecified atom stereocenters. The average molecular weight is 450 g/mol. The summed E-state index contributed by atoms with van der Waals surface area (Å²) < 4.78 is 7.80. The molecule has 0 bridgehead atoms. The molecule has 1 aromatic carbocycles. The van der Waals surface area contributed by atoms with E-state index < -0.39 is 0 Å². The van der Waals surface area contributed by atoms with Crippen molar-refractivity contribution >= 4 is 22.9 Å². The maximum Gasteiger partial charge on any atom is 0.261 e. The van der Waals surface area contributed by atoms with Crippen LogP contribution in [0.1, 0.15) is 36.7 Å².